The maximum Gasteiger partial charge on any atom is 0.162 e. The summed E-state index contributed by atoms with van der Waals surface area (Å²) in [5, 5.41) is 0. The molecule has 0 unspecified atom stereocenters. The van der Waals surface area contributed by atoms with E-state index >= 15 is 0 Å². The van der Waals surface area contributed by atoms with Crippen LogP contribution in [0.4, 0.5) is 4.39 Å². The number of benzene rings is 1. The second kappa shape index (κ2) is 5.68. The van der Waals surface area contributed by atoms with Crippen LogP contribution in [0.1, 0.15) is 39.2 Å². The van der Waals surface area contributed by atoms with Gasteiger partial charge in [0.2, 0.25) is 0 Å². The Morgan fingerprint density at radius 1 is 1.21 bits per heavy atom. The first-order valence-corrected chi connectivity index (χ1v) is 7.00. The molecule has 1 aliphatic rings. The number of hydrogen-bond donors (Lipinski definition) is 0. The van der Waals surface area contributed by atoms with Crippen molar-refractivity contribution in [1.82, 2.24) is 0 Å². The van der Waals surface area contributed by atoms with Gasteiger partial charge < -0.3 is 0 Å². The summed E-state index contributed by atoms with van der Waals surface area (Å²) in [4.78, 5) is 12.5. The van der Waals surface area contributed by atoms with E-state index in [1.807, 2.05) is 6.08 Å². The predicted molar refractivity (Wildman–Crippen MR) is 76.1 cm³/mol. The normalized spacial score (nSPS) is 26.2. The van der Waals surface area contributed by atoms with E-state index in [9.17, 15) is 9.18 Å². The Bertz CT molecular complexity index is 484. The summed E-state index contributed by atoms with van der Waals surface area (Å²) in [5.74, 6) is 0.857. The first-order chi connectivity index (χ1) is 8.99. The standard InChI is InChI=1S/C17H21FO/c1-11(2)15-9-4-12(3)16(17(15)19)10-13-5-7-14(18)8-6-13/h5-8,10-12,15H,4,9H2,1-3H3/t12-,15-/m0/s1. The Morgan fingerprint density at radius 2 is 1.84 bits per heavy atom. The molecule has 1 nitrogen and oxygen atoms in total. The van der Waals surface area contributed by atoms with Gasteiger partial charge in [0, 0.05) is 5.92 Å². The van der Waals surface area contributed by atoms with Crippen LogP contribution in [0, 0.1) is 23.6 Å². The molecule has 0 saturated heterocycles. The van der Waals surface area contributed by atoms with E-state index in [1.54, 1.807) is 12.1 Å². The summed E-state index contributed by atoms with van der Waals surface area (Å²) in [6, 6.07) is 6.32. The quantitative estimate of drug-likeness (QED) is 0.716. The lowest BCUT2D eigenvalue weighted by Gasteiger charge is -2.30. The Hall–Kier alpha value is -1.44. The van der Waals surface area contributed by atoms with E-state index in [0.717, 1.165) is 24.0 Å². The molecule has 0 amide bonds. The van der Waals surface area contributed by atoms with Crippen molar-refractivity contribution in [3.8, 4) is 0 Å². The van der Waals surface area contributed by atoms with E-state index in [2.05, 4.69) is 20.8 Å². The predicted octanol–water partition coefficient (Wildman–Crippen LogP) is 4.48. The number of Topliss-reactive ketones (excluding diaryl/α,β-unsaturated/α-hetero) is 1. The third-order valence-corrected chi connectivity index (χ3v) is 4.06. The molecule has 0 bridgehead atoms. The van der Waals surface area contributed by atoms with Gasteiger partial charge in [0.05, 0.1) is 0 Å². The molecule has 1 fully saturated rings. The van der Waals surface area contributed by atoms with Crippen LogP contribution in [0.25, 0.3) is 6.08 Å². The number of halogens is 1. The number of rotatable bonds is 2. The van der Waals surface area contributed by atoms with Crippen LogP contribution < -0.4 is 0 Å². The summed E-state index contributed by atoms with van der Waals surface area (Å²) in [6.07, 6.45) is 3.97. The van der Waals surface area contributed by atoms with Gasteiger partial charge in [0.15, 0.2) is 5.78 Å². The van der Waals surface area contributed by atoms with Gasteiger partial charge in [-0.2, -0.15) is 0 Å². The van der Waals surface area contributed by atoms with Gasteiger partial charge in [-0.1, -0.05) is 32.9 Å². The van der Waals surface area contributed by atoms with Crippen LogP contribution in [-0.4, -0.2) is 5.78 Å². The lowest BCUT2D eigenvalue weighted by molar-refractivity contribution is -0.122. The van der Waals surface area contributed by atoms with E-state index < -0.39 is 0 Å². The molecule has 0 N–H and O–H groups in total. The van der Waals surface area contributed by atoms with E-state index in [-0.39, 0.29) is 17.5 Å². The lowest BCUT2D eigenvalue weighted by atomic mass is 9.73. The van der Waals surface area contributed by atoms with Gasteiger partial charge in [0.1, 0.15) is 5.82 Å². The molecule has 102 valence electrons. The zero-order valence-corrected chi connectivity index (χ0v) is 11.8. The third-order valence-electron chi connectivity index (χ3n) is 4.06. The van der Waals surface area contributed by atoms with Crippen molar-refractivity contribution in [3.05, 3.63) is 41.2 Å². The second-order valence-electron chi connectivity index (χ2n) is 5.84. The zero-order chi connectivity index (χ0) is 14.0. The molecule has 2 heteroatoms. The van der Waals surface area contributed by atoms with Crippen molar-refractivity contribution >= 4 is 11.9 Å². The van der Waals surface area contributed by atoms with Gasteiger partial charge in [-0.3, -0.25) is 4.79 Å². The van der Waals surface area contributed by atoms with Crippen molar-refractivity contribution in [1.29, 1.82) is 0 Å². The van der Waals surface area contributed by atoms with Crippen LogP contribution in [0.5, 0.6) is 0 Å². The Morgan fingerprint density at radius 3 is 2.42 bits per heavy atom. The Labute approximate surface area is 114 Å². The molecule has 1 aromatic rings. The zero-order valence-electron chi connectivity index (χ0n) is 11.8. The maximum absolute atomic E-state index is 12.9. The van der Waals surface area contributed by atoms with Crippen LogP contribution in [-0.2, 0) is 4.79 Å². The van der Waals surface area contributed by atoms with Gasteiger partial charge in [-0.15, -0.1) is 0 Å². The van der Waals surface area contributed by atoms with Crippen LogP contribution >= 0.6 is 0 Å². The minimum absolute atomic E-state index is 0.142. The van der Waals surface area contributed by atoms with Crippen LogP contribution in [0.15, 0.2) is 29.8 Å². The molecular formula is C17H21FO. The van der Waals surface area contributed by atoms with Gasteiger partial charge >= 0.3 is 0 Å². The van der Waals surface area contributed by atoms with Crippen molar-refractivity contribution in [3.63, 3.8) is 0 Å². The summed E-state index contributed by atoms with van der Waals surface area (Å²) in [7, 11) is 0. The van der Waals surface area contributed by atoms with Gasteiger partial charge in [0.25, 0.3) is 0 Å². The summed E-state index contributed by atoms with van der Waals surface area (Å²) >= 11 is 0. The third kappa shape index (κ3) is 3.12. The molecule has 0 radical (unpaired) electrons. The monoisotopic (exact) mass is 260 g/mol. The van der Waals surface area contributed by atoms with E-state index in [1.165, 1.54) is 12.1 Å². The van der Waals surface area contributed by atoms with Gasteiger partial charge in [-0.25, -0.2) is 4.39 Å². The second-order valence-corrected chi connectivity index (χ2v) is 5.84. The first kappa shape index (κ1) is 14.0. The van der Waals surface area contributed by atoms with Crippen molar-refractivity contribution in [2.75, 3.05) is 0 Å². The van der Waals surface area contributed by atoms with E-state index in [0.29, 0.717) is 11.8 Å². The van der Waals surface area contributed by atoms with Gasteiger partial charge in [-0.05, 0) is 54.0 Å². The molecule has 19 heavy (non-hydrogen) atoms. The average Bonchev–Trinajstić information content (AvgIpc) is 2.36. The number of carbonyl (C=O) groups excluding carboxylic acids is 1. The van der Waals surface area contributed by atoms with Crippen LogP contribution in [0.3, 0.4) is 0 Å². The van der Waals surface area contributed by atoms with Crippen molar-refractivity contribution in [2.45, 2.75) is 33.6 Å². The minimum atomic E-state index is -0.245. The SMILES string of the molecule is CC(C)[C@@H]1CC[C@H](C)C(=Cc2ccc(F)cc2)C1=O. The maximum atomic E-state index is 12.9. The topological polar surface area (TPSA) is 17.1 Å². The Balaban J connectivity index is 2.29. The summed E-state index contributed by atoms with van der Waals surface area (Å²) in [6.45, 7) is 6.31. The smallest absolute Gasteiger partial charge is 0.162 e. The van der Waals surface area contributed by atoms with Crippen molar-refractivity contribution in [2.24, 2.45) is 17.8 Å². The molecule has 2 rings (SSSR count). The molecule has 0 heterocycles. The highest BCUT2D eigenvalue weighted by atomic mass is 19.1. The fraction of sp³-hybridized carbons (Fsp3) is 0.471. The molecule has 1 aromatic carbocycles. The summed E-state index contributed by atoms with van der Waals surface area (Å²) in [5.41, 5.74) is 1.80. The van der Waals surface area contributed by atoms with Crippen molar-refractivity contribution < 1.29 is 9.18 Å². The number of allylic oxidation sites excluding steroid dienone is 1. The van der Waals surface area contributed by atoms with Crippen LogP contribution in [0.2, 0.25) is 0 Å². The number of ketones is 1. The molecule has 2 atom stereocenters. The molecular weight excluding hydrogens is 239 g/mol. The fourth-order valence-electron chi connectivity index (χ4n) is 2.76. The summed E-state index contributed by atoms with van der Waals surface area (Å²) < 4.78 is 12.9. The molecule has 1 saturated carbocycles. The average molecular weight is 260 g/mol. The highest BCUT2D eigenvalue weighted by molar-refractivity contribution is 6.02. The highest BCUT2D eigenvalue weighted by Crippen LogP contribution is 2.35. The van der Waals surface area contributed by atoms with E-state index in [4.69, 9.17) is 0 Å². The lowest BCUT2D eigenvalue weighted by Crippen LogP contribution is -2.30. The highest BCUT2D eigenvalue weighted by Gasteiger charge is 2.32. The first-order valence-electron chi connectivity index (χ1n) is 7.00. The molecule has 0 spiro atoms. The molecule has 0 aliphatic heterocycles. The largest absolute Gasteiger partial charge is 0.294 e. The molecule has 1 aliphatic carbocycles. The minimum Gasteiger partial charge on any atom is -0.294 e. The number of carbonyl (C=O) groups is 1. The number of hydrogen-bond acceptors (Lipinski definition) is 1. The molecule has 0 aromatic heterocycles. The Kier molecular flexibility index (Phi) is 4.18. The fourth-order valence-corrected chi connectivity index (χ4v) is 2.76.